The molecular weight excluding hydrogens is 483 g/mol. The van der Waals surface area contributed by atoms with Crippen LogP contribution in [0.1, 0.15) is 11.3 Å². The van der Waals surface area contributed by atoms with Gasteiger partial charge in [-0.25, -0.2) is 0 Å². The minimum atomic E-state index is 0. The molecule has 4 aromatic carbocycles. The summed E-state index contributed by atoms with van der Waals surface area (Å²) < 4.78 is 0. The van der Waals surface area contributed by atoms with Gasteiger partial charge < -0.3 is 0 Å². The number of pyridine rings is 1. The molecular formula is C29H20N2Pd. The largest absolute Gasteiger partial charge is 2.00 e. The summed E-state index contributed by atoms with van der Waals surface area (Å²) in [6.07, 6.45) is 1.84. The van der Waals surface area contributed by atoms with Gasteiger partial charge in [0.2, 0.25) is 0 Å². The van der Waals surface area contributed by atoms with Crippen molar-refractivity contribution in [2.75, 3.05) is 0 Å². The Morgan fingerprint density at radius 1 is 0.781 bits per heavy atom. The van der Waals surface area contributed by atoms with Crippen molar-refractivity contribution in [2.45, 2.75) is 6.92 Å². The van der Waals surface area contributed by atoms with Crippen molar-refractivity contribution >= 4 is 22.7 Å². The summed E-state index contributed by atoms with van der Waals surface area (Å²) in [7, 11) is 0. The fourth-order valence-corrected chi connectivity index (χ4v) is 3.72. The quantitative estimate of drug-likeness (QED) is 0.145. The van der Waals surface area contributed by atoms with Crippen LogP contribution in [0.2, 0.25) is 0 Å². The molecule has 0 radical (unpaired) electrons. The van der Waals surface area contributed by atoms with Crippen LogP contribution in [0, 0.1) is 19.1 Å². The molecule has 1 heterocycles. The Morgan fingerprint density at radius 3 is 2.41 bits per heavy atom. The molecule has 5 aromatic rings. The summed E-state index contributed by atoms with van der Waals surface area (Å²) in [5, 5.41) is 2.24. The van der Waals surface area contributed by atoms with Gasteiger partial charge in [0.05, 0.1) is 11.9 Å². The summed E-state index contributed by atoms with van der Waals surface area (Å²) in [6, 6.07) is 39.2. The maximum absolute atomic E-state index is 4.91. The molecule has 2 nitrogen and oxygen atoms in total. The second kappa shape index (κ2) is 9.83. The van der Waals surface area contributed by atoms with Crippen LogP contribution in [-0.4, -0.2) is 11.2 Å². The molecule has 0 saturated carbocycles. The number of aliphatic imine (C=N–C) groups is 1. The number of hydrogen-bond donors (Lipinski definition) is 0. The molecule has 0 amide bonds. The first kappa shape index (κ1) is 21.8. The van der Waals surface area contributed by atoms with E-state index in [9.17, 15) is 0 Å². The average Bonchev–Trinajstić information content (AvgIpc) is 2.83. The van der Waals surface area contributed by atoms with Crippen molar-refractivity contribution < 1.29 is 20.4 Å². The topological polar surface area (TPSA) is 25.2 Å². The van der Waals surface area contributed by atoms with Crippen molar-refractivity contribution in [3.8, 4) is 22.4 Å². The first-order chi connectivity index (χ1) is 15.3. The van der Waals surface area contributed by atoms with Crippen LogP contribution in [0.25, 0.3) is 33.2 Å². The maximum Gasteiger partial charge on any atom is 2.00 e. The molecule has 3 heteroatoms. The summed E-state index contributed by atoms with van der Waals surface area (Å²) in [6.45, 7) is 2.09. The van der Waals surface area contributed by atoms with E-state index in [0.717, 1.165) is 44.5 Å². The van der Waals surface area contributed by atoms with E-state index in [1.54, 1.807) is 0 Å². The zero-order valence-electron chi connectivity index (χ0n) is 17.5. The summed E-state index contributed by atoms with van der Waals surface area (Å²) in [5.74, 6) is 0. The van der Waals surface area contributed by atoms with E-state index < -0.39 is 0 Å². The Kier molecular flexibility index (Phi) is 6.71. The number of nitrogens with zero attached hydrogens (tertiary/aromatic N) is 2. The predicted molar refractivity (Wildman–Crippen MR) is 129 cm³/mol. The van der Waals surface area contributed by atoms with Gasteiger partial charge in [0.25, 0.3) is 0 Å². The van der Waals surface area contributed by atoms with E-state index in [0.29, 0.717) is 0 Å². The Balaban J connectivity index is 0.00000245. The molecule has 0 aliphatic heterocycles. The Bertz CT molecular complexity index is 1390. The average molecular weight is 503 g/mol. The van der Waals surface area contributed by atoms with Crippen LogP contribution in [0.15, 0.2) is 102 Å². The van der Waals surface area contributed by atoms with Crippen LogP contribution in [0.5, 0.6) is 0 Å². The number of para-hydroxylation sites is 1. The third-order valence-electron chi connectivity index (χ3n) is 5.21. The van der Waals surface area contributed by atoms with E-state index in [1.165, 1.54) is 5.56 Å². The van der Waals surface area contributed by atoms with Crippen LogP contribution in [0.3, 0.4) is 0 Å². The van der Waals surface area contributed by atoms with Gasteiger partial charge in [-0.1, -0.05) is 55.0 Å². The summed E-state index contributed by atoms with van der Waals surface area (Å²) in [5.41, 5.74) is 6.90. The molecule has 0 unspecified atom stereocenters. The third kappa shape index (κ3) is 4.60. The fraction of sp³-hybridized carbons (Fsp3) is 0.0345. The first-order valence-electron chi connectivity index (χ1n) is 10.3. The second-order valence-electron chi connectivity index (χ2n) is 7.45. The van der Waals surface area contributed by atoms with Crippen LogP contribution >= 0.6 is 0 Å². The summed E-state index contributed by atoms with van der Waals surface area (Å²) >= 11 is 0. The molecule has 156 valence electrons. The summed E-state index contributed by atoms with van der Waals surface area (Å²) in [4.78, 5) is 9.72. The number of aromatic nitrogens is 1. The minimum absolute atomic E-state index is 0. The Morgan fingerprint density at radius 2 is 1.56 bits per heavy atom. The number of rotatable bonds is 4. The van der Waals surface area contributed by atoms with Gasteiger partial charge >= 0.3 is 20.4 Å². The number of hydrogen-bond acceptors (Lipinski definition) is 2. The van der Waals surface area contributed by atoms with Crippen LogP contribution in [-0.2, 0) is 20.4 Å². The molecule has 0 spiro atoms. The smallest absolute Gasteiger partial charge is 0.295 e. The number of fused-ring (bicyclic) bond motifs is 1. The SMILES string of the molecule is Cc1cc[c-]c(-c2ccccc2N=Cc2cc3ccccc3c(-c3[c-]cccc3)n2)c1.[Pd+2]. The van der Waals surface area contributed by atoms with Gasteiger partial charge in [0.15, 0.2) is 0 Å². The molecule has 0 aliphatic carbocycles. The van der Waals surface area contributed by atoms with E-state index >= 15 is 0 Å². The molecule has 32 heavy (non-hydrogen) atoms. The zero-order chi connectivity index (χ0) is 21.0. The van der Waals surface area contributed by atoms with Crippen LogP contribution in [0.4, 0.5) is 5.69 Å². The van der Waals surface area contributed by atoms with Crippen molar-refractivity contribution in [1.29, 1.82) is 0 Å². The van der Waals surface area contributed by atoms with Crippen molar-refractivity contribution in [3.63, 3.8) is 0 Å². The first-order valence-corrected chi connectivity index (χ1v) is 10.3. The van der Waals surface area contributed by atoms with Gasteiger partial charge in [0.1, 0.15) is 0 Å². The van der Waals surface area contributed by atoms with Gasteiger partial charge in [-0.2, -0.15) is 0 Å². The van der Waals surface area contributed by atoms with Crippen molar-refractivity contribution in [2.24, 2.45) is 4.99 Å². The minimum Gasteiger partial charge on any atom is -0.295 e. The van der Waals surface area contributed by atoms with Gasteiger partial charge in [-0.05, 0) is 28.6 Å². The molecule has 0 N–H and O–H groups in total. The van der Waals surface area contributed by atoms with E-state index in [1.807, 2.05) is 66.9 Å². The van der Waals surface area contributed by atoms with Gasteiger partial charge in [-0.15, -0.1) is 71.3 Å². The second-order valence-corrected chi connectivity index (χ2v) is 7.45. The van der Waals surface area contributed by atoms with Gasteiger partial charge in [-0.3, -0.25) is 9.98 Å². The normalized spacial score (nSPS) is 10.9. The Labute approximate surface area is 202 Å². The fourth-order valence-electron chi connectivity index (χ4n) is 3.72. The van der Waals surface area contributed by atoms with E-state index in [-0.39, 0.29) is 20.4 Å². The van der Waals surface area contributed by atoms with Crippen molar-refractivity contribution in [3.05, 3.63) is 120 Å². The molecule has 5 rings (SSSR count). The predicted octanol–water partition coefficient (Wildman–Crippen LogP) is 7.23. The molecule has 0 fully saturated rings. The van der Waals surface area contributed by atoms with Crippen molar-refractivity contribution in [1.82, 2.24) is 4.98 Å². The number of benzene rings is 4. The van der Waals surface area contributed by atoms with E-state index in [2.05, 4.69) is 55.5 Å². The molecule has 0 aliphatic rings. The zero-order valence-corrected chi connectivity index (χ0v) is 19.1. The molecule has 1 aromatic heterocycles. The number of aryl methyl sites for hydroxylation is 1. The maximum atomic E-state index is 4.91. The monoisotopic (exact) mass is 502 g/mol. The third-order valence-corrected chi connectivity index (χ3v) is 5.21. The van der Waals surface area contributed by atoms with Crippen LogP contribution < -0.4 is 0 Å². The standard InChI is InChI=1S/C29H20N2.Pd/c1-21-10-9-14-23(18-21)26-15-7-8-17-28(26)30-20-25-19-24-13-5-6-16-27(24)29(31-25)22-11-3-2-4-12-22;/h2-11,13,15-20H,1H3;/q-2;+2. The molecule has 0 bridgehead atoms. The Hall–Kier alpha value is -3.38. The van der Waals surface area contributed by atoms with E-state index in [4.69, 9.17) is 9.98 Å². The molecule has 0 saturated heterocycles. The van der Waals surface area contributed by atoms with Gasteiger partial charge in [0, 0.05) is 5.69 Å². The molecule has 0 atom stereocenters.